The maximum atomic E-state index is 11.8. The van der Waals surface area contributed by atoms with Gasteiger partial charge in [-0.25, -0.2) is 8.42 Å². The molecule has 4 heteroatoms. The second kappa shape index (κ2) is 4.65. The van der Waals surface area contributed by atoms with E-state index in [-0.39, 0.29) is 5.75 Å². The lowest BCUT2D eigenvalue weighted by molar-refractivity contribution is 0.450. The predicted octanol–water partition coefficient (Wildman–Crippen LogP) is 1.98. The van der Waals surface area contributed by atoms with Crippen LogP contribution in [0.1, 0.15) is 47.0 Å². The van der Waals surface area contributed by atoms with E-state index in [1.54, 1.807) is 20.8 Å². The van der Waals surface area contributed by atoms with Crippen LogP contribution in [-0.4, -0.2) is 32.0 Å². The van der Waals surface area contributed by atoms with Crippen molar-refractivity contribution in [3.63, 3.8) is 0 Å². The third kappa shape index (κ3) is 3.45. The van der Waals surface area contributed by atoms with Crippen LogP contribution < -0.4 is 5.32 Å². The summed E-state index contributed by atoms with van der Waals surface area (Å²) < 4.78 is 23.0. The van der Waals surface area contributed by atoms with Gasteiger partial charge >= 0.3 is 0 Å². The molecule has 1 aliphatic carbocycles. The molecule has 0 aromatic heterocycles. The van der Waals surface area contributed by atoms with Gasteiger partial charge in [-0.15, -0.1) is 0 Å². The topological polar surface area (TPSA) is 46.2 Å². The zero-order valence-corrected chi connectivity index (χ0v) is 11.8. The highest BCUT2D eigenvalue weighted by atomic mass is 32.2. The zero-order valence-electron chi connectivity index (χ0n) is 11.0. The SMILES string of the molecule is CCC1(CNCCS(=O)(=O)C(C)(C)C)CC1. The summed E-state index contributed by atoms with van der Waals surface area (Å²) in [6.07, 6.45) is 3.79. The minimum Gasteiger partial charge on any atom is -0.315 e. The van der Waals surface area contributed by atoms with E-state index in [1.807, 2.05) is 0 Å². The molecule has 0 aliphatic heterocycles. The maximum absolute atomic E-state index is 11.8. The average molecular weight is 247 g/mol. The molecule has 0 saturated heterocycles. The zero-order chi connectivity index (χ0) is 12.4. The monoisotopic (exact) mass is 247 g/mol. The first-order valence-electron chi connectivity index (χ1n) is 6.15. The van der Waals surface area contributed by atoms with E-state index < -0.39 is 14.6 Å². The molecule has 16 heavy (non-hydrogen) atoms. The van der Waals surface area contributed by atoms with E-state index in [0.29, 0.717) is 12.0 Å². The Morgan fingerprint density at radius 2 is 1.81 bits per heavy atom. The minimum atomic E-state index is -2.96. The molecule has 3 nitrogen and oxygen atoms in total. The van der Waals surface area contributed by atoms with Crippen LogP contribution in [0.15, 0.2) is 0 Å². The molecule has 0 aromatic rings. The summed E-state index contributed by atoms with van der Waals surface area (Å²) in [5.41, 5.74) is 0.492. The van der Waals surface area contributed by atoms with E-state index in [1.165, 1.54) is 19.3 Å². The molecule has 96 valence electrons. The third-order valence-corrected chi connectivity index (χ3v) is 6.30. The van der Waals surface area contributed by atoms with Crippen LogP contribution in [0.25, 0.3) is 0 Å². The highest BCUT2D eigenvalue weighted by Gasteiger charge is 2.40. The average Bonchev–Trinajstić information content (AvgIpc) is 2.91. The molecule has 0 bridgehead atoms. The van der Waals surface area contributed by atoms with Crippen LogP contribution in [0.4, 0.5) is 0 Å². The first-order valence-corrected chi connectivity index (χ1v) is 7.81. The van der Waals surface area contributed by atoms with Crippen molar-refractivity contribution in [1.29, 1.82) is 0 Å². The van der Waals surface area contributed by atoms with Gasteiger partial charge in [-0.3, -0.25) is 0 Å². The van der Waals surface area contributed by atoms with E-state index in [2.05, 4.69) is 12.2 Å². The second-order valence-corrected chi connectivity index (χ2v) is 8.82. The summed E-state index contributed by atoms with van der Waals surface area (Å²) in [5.74, 6) is 0.246. The van der Waals surface area contributed by atoms with E-state index in [0.717, 1.165) is 6.54 Å². The van der Waals surface area contributed by atoms with Crippen molar-refractivity contribution in [2.24, 2.45) is 5.41 Å². The Morgan fingerprint density at radius 1 is 1.25 bits per heavy atom. The van der Waals surface area contributed by atoms with Gasteiger partial charge in [-0.05, 0) is 45.4 Å². The first kappa shape index (κ1) is 14.0. The van der Waals surface area contributed by atoms with E-state index >= 15 is 0 Å². The fourth-order valence-corrected chi connectivity index (χ4v) is 2.72. The molecule has 1 aliphatic rings. The Bertz CT molecular complexity index is 323. The van der Waals surface area contributed by atoms with Crippen molar-refractivity contribution >= 4 is 9.84 Å². The first-order chi connectivity index (χ1) is 7.22. The molecule has 0 spiro atoms. The third-order valence-electron chi connectivity index (χ3n) is 3.69. The quantitative estimate of drug-likeness (QED) is 0.730. The Balaban J connectivity index is 2.26. The van der Waals surface area contributed by atoms with Crippen molar-refractivity contribution in [2.75, 3.05) is 18.8 Å². The lowest BCUT2D eigenvalue weighted by Gasteiger charge is -2.20. The maximum Gasteiger partial charge on any atom is 0.156 e. The summed E-state index contributed by atoms with van der Waals surface area (Å²) in [5, 5.41) is 3.29. The van der Waals surface area contributed by atoms with Gasteiger partial charge in [0.2, 0.25) is 0 Å². The highest BCUT2D eigenvalue weighted by molar-refractivity contribution is 7.92. The molecule has 0 amide bonds. The Labute approximate surface area is 99.9 Å². The Kier molecular flexibility index (Phi) is 4.06. The number of rotatable bonds is 6. The molecule has 0 atom stereocenters. The molecule has 1 N–H and O–H groups in total. The van der Waals surface area contributed by atoms with Crippen LogP contribution in [0.3, 0.4) is 0 Å². The summed E-state index contributed by atoms with van der Waals surface area (Å²) in [6, 6.07) is 0. The summed E-state index contributed by atoms with van der Waals surface area (Å²) in [7, 11) is -2.96. The van der Waals surface area contributed by atoms with E-state index in [9.17, 15) is 8.42 Å². The molecule has 1 fully saturated rings. The van der Waals surface area contributed by atoms with Crippen LogP contribution in [0, 0.1) is 5.41 Å². The standard InChI is InChI=1S/C12H25NO2S/c1-5-12(6-7-12)10-13-8-9-16(14,15)11(2,3)4/h13H,5-10H2,1-4H3. The van der Waals surface area contributed by atoms with Crippen molar-refractivity contribution < 1.29 is 8.42 Å². The van der Waals surface area contributed by atoms with Crippen LogP contribution in [-0.2, 0) is 9.84 Å². The normalized spacial score (nSPS) is 19.8. The molecule has 1 rings (SSSR count). The van der Waals surface area contributed by atoms with Gasteiger partial charge in [0, 0.05) is 13.1 Å². The van der Waals surface area contributed by atoms with Gasteiger partial charge in [-0.2, -0.15) is 0 Å². The van der Waals surface area contributed by atoms with Crippen molar-refractivity contribution in [2.45, 2.75) is 51.7 Å². The van der Waals surface area contributed by atoms with Crippen molar-refractivity contribution in [3.05, 3.63) is 0 Å². The number of sulfone groups is 1. The van der Waals surface area contributed by atoms with Gasteiger partial charge in [-0.1, -0.05) is 6.92 Å². The smallest absolute Gasteiger partial charge is 0.156 e. The highest BCUT2D eigenvalue weighted by Crippen LogP contribution is 2.47. The number of hydrogen-bond donors (Lipinski definition) is 1. The van der Waals surface area contributed by atoms with Crippen LogP contribution >= 0.6 is 0 Å². The van der Waals surface area contributed by atoms with Gasteiger partial charge in [0.25, 0.3) is 0 Å². The molecule has 0 heterocycles. The van der Waals surface area contributed by atoms with Gasteiger partial charge in [0.05, 0.1) is 10.5 Å². The fourth-order valence-electron chi connectivity index (χ4n) is 1.70. The molecule has 0 unspecified atom stereocenters. The van der Waals surface area contributed by atoms with Gasteiger partial charge < -0.3 is 5.32 Å². The minimum absolute atomic E-state index is 0.246. The number of nitrogens with one attached hydrogen (secondary N) is 1. The van der Waals surface area contributed by atoms with Crippen LogP contribution in [0.2, 0.25) is 0 Å². The van der Waals surface area contributed by atoms with Crippen molar-refractivity contribution in [1.82, 2.24) is 5.32 Å². The van der Waals surface area contributed by atoms with Gasteiger partial charge in [0.15, 0.2) is 9.84 Å². The molecular weight excluding hydrogens is 222 g/mol. The molecule has 0 radical (unpaired) electrons. The van der Waals surface area contributed by atoms with E-state index in [4.69, 9.17) is 0 Å². The predicted molar refractivity (Wildman–Crippen MR) is 68.4 cm³/mol. The van der Waals surface area contributed by atoms with Gasteiger partial charge in [0.1, 0.15) is 0 Å². The summed E-state index contributed by atoms with van der Waals surface area (Å²) in [6.45, 7) is 9.05. The lowest BCUT2D eigenvalue weighted by Crippen LogP contribution is -2.36. The molecule has 0 aromatic carbocycles. The summed E-state index contributed by atoms with van der Waals surface area (Å²) >= 11 is 0. The van der Waals surface area contributed by atoms with Crippen molar-refractivity contribution in [3.8, 4) is 0 Å². The Hall–Kier alpha value is -0.0900. The molecule has 1 saturated carbocycles. The lowest BCUT2D eigenvalue weighted by atomic mass is 10.0. The largest absolute Gasteiger partial charge is 0.315 e. The Morgan fingerprint density at radius 3 is 2.19 bits per heavy atom. The molecular formula is C12H25NO2S. The fraction of sp³-hybridized carbons (Fsp3) is 1.00. The second-order valence-electron chi connectivity index (χ2n) is 5.96. The summed E-state index contributed by atoms with van der Waals surface area (Å²) in [4.78, 5) is 0. The van der Waals surface area contributed by atoms with Crippen LogP contribution in [0.5, 0.6) is 0 Å². The number of hydrogen-bond acceptors (Lipinski definition) is 3.